The fraction of sp³-hybridized carbons (Fsp3) is 0.636. The molecule has 9 heteroatoms. The van der Waals surface area contributed by atoms with Gasteiger partial charge in [0.2, 0.25) is 5.91 Å². The maximum absolute atomic E-state index is 13.2. The van der Waals surface area contributed by atoms with Gasteiger partial charge < -0.3 is 16.0 Å². The highest BCUT2D eigenvalue weighted by molar-refractivity contribution is 6.12. The Balaban J connectivity index is 2.31. The minimum Gasteiger partial charge on any atom is -0.383 e. The smallest absolute Gasteiger partial charge is 0.383 e. The highest BCUT2D eigenvalue weighted by Gasteiger charge is 2.38. The van der Waals surface area contributed by atoms with Crippen molar-refractivity contribution in [2.24, 2.45) is 16.8 Å². The van der Waals surface area contributed by atoms with Gasteiger partial charge in [-0.25, -0.2) is 4.98 Å². The number of aromatic nitrogens is 1. The highest BCUT2D eigenvalue weighted by Crippen LogP contribution is 2.37. The molecule has 3 N–H and O–H groups in total. The van der Waals surface area contributed by atoms with E-state index in [0.29, 0.717) is 0 Å². The van der Waals surface area contributed by atoms with Crippen molar-refractivity contribution >= 4 is 23.1 Å². The van der Waals surface area contributed by atoms with E-state index in [-0.39, 0.29) is 47.5 Å². The standard InChI is InChI=1S/C22H32F3N5O/c1-6-13(3)29-20(17-9-16(7-12(17)2)30(5)14(4)31)10-19(26)15-8-18(22(23,24)25)21(27)28-11-15/h8,11-13,16-17,26H,6-7,9-10H2,1-5H3,(H2,27,28). The molecule has 31 heavy (non-hydrogen) atoms. The molecule has 1 aliphatic carbocycles. The molecule has 1 fully saturated rings. The maximum Gasteiger partial charge on any atom is 0.419 e. The number of anilines is 1. The van der Waals surface area contributed by atoms with Crippen molar-refractivity contribution in [2.75, 3.05) is 12.8 Å². The number of hydrogen-bond donors (Lipinski definition) is 2. The second-order valence-corrected chi connectivity index (χ2v) is 8.53. The molecular weight excluding hydrogens is 407 g/mol. The van der Waals surface area contributed by atoms with Gasteiger partial charge in [-0.2, -0.15) is 13.2 Å². The number of rotatable bonds is 7. The van der Waals surface area contributed by atoms with E-state index in [1.165, 1.54) is 13.1 Å². The molecule has 4 atom stereocenters. The lowest BCUT2D eigenvalue weighted by Gasteiger charge is -2.24. The molecule has 0 aliphatic heterocycles. The zero-order valence-electron chi connectivity index (χ0n) is 18.8. The van der Waals surface area contributed by atoms with E-state index in [9.17, 15) is 18.0 Å². The lowest BCUT2D eigenvalue weighted by molar-refractivity contribution is -0.137. The summed E-state index contributed by atoms with van der Waals surface area (Å²) in [5, 5.41) is 8.47. The minimum atomic E-state index is -4.63. The van der Waals surface area contributed by atoms with Crippen LogP contribution in [0.5, 0.6) is 0 Å². The highest BCUT2D eigenvalue weighted by atomic mass is 19.4. The monoisotopic (exact) mass is 439 g/mol. The first-order chi connectivity index (χ1) is 14.3. The van der Waals surface area contributed by atoms with Crippen molar-refractivity contribution in [3.63, 3.8) is 0 Å². The molecule has 1 saturated carbocycles. The van der Waals surface area contributed by atoms with Gasteiger partial charge in [-0.3, -0.25) is 9.79 Å². The number of nitrogens with zero attached hydrogens (tertiary/aromatic N) is 3. The lowest BCUT2D eigenvalue weighted by Crippen LogP contribution is -2.34. The largest absolute Gasteiger partial charge is 0.419 e. The number of nitrogens with two attached hydrogens (primary N) is 1. The second-order valence-electron chi connectivity index (χ2n) is 8.53. The van der Waals surface area contributed by atoms with Crippen molar-refractivity contribution in [1.29, 1.82) is 5.41 Å². The molecule has 1 aliphatic rings. The van der Waals surface area contributed by atoms with E-state index in [0.717, 1.165) is 31.0 Å². The molecule has 0 radical (unpaired) electrons. The summed E-state index contributed by atoms with van der Waals surface area (Å²) >= 11 is 0. The van der Waals surface area contributed by atoms with Crippen LogP contribution in [-0.2, 0) is 11.0 Å². The van der Waals surface area contributed by atoms with E-state index in [1.807, 2.05) is 13.8 Å². The summed E-state index contributed by atoms with van der Waals surface area (Å²) in [5.74, 6) is -0.293. The topological polar surface area (TPSA) is 95.4 Å². The van der Waals surface area contributed by atoms with Crippen LogP contribution in [0.2, 0.25) is 0 Å². The van der Waals surface area contributed by atoms with Crippen molar-refractivity contribution in [2.45, 2.75) is 71.6 Å². The summed E-state index contributed by atoms with van der Waals surface area (Å²) < 4.78 is 39.6. The molecule has 172 valence electrons. The number of halogens is 3. The van der Waals surface area contributed by atoms with Crippen LogP contribution in [0.3, 0.4) is 0 Å². The Labute approximate surface area is 181 Å². The second kappa shape index (κ2) is 9.78. The van der Waals surface area contributed by atoms with Gasteiger partial charge in [-0.1, -0.05) is 13.8 Å². The number of nitrogens with one attached hydrogen (secondary N) is 1. The quantitative estimate of drug-likeness (QED) is 0.609. The molecule has 1 amide bonds. The number of pyridine rings is 1. The van der Waals surface area contributed by atoms with Crippen molar-refractivity contribution in [1.82, 2.24) is 9.88 Å². The van der Waals surface area contributed by atoms with Crippen molar-refractivity contribution in [3.8, 4) is 0 Å². The Kier molecular flexibility index (Phi) is 7.83. The molecule has 4 unspecified atom stereocenters. The molecule has 0 spiro atoms. The van der Waals surface area contributed by atoms with Gasteiger partial charge in [0.15, 0.2) is 0 Å². The first-order valence-electron chi connectivity index (χ1n) is 10.6. The van der Waals surface area contributed by atoms with Crippen molar-refractivity contribution in [3.05, 3.63) is 23.4 Å². The van der Waals surface area contributed by atoms with Gasteiger partial charge >= 0.3 is 6.18 Å². The van der Waals surface area contributed by atoms with Crippen LogP contribution in [0.1, 0.15) is 64.5 Å². The third kappa shape index (κ3) is 6.04. The first-order valence-corrected chi connectivity index (χ1v) is 10.6. The van der Waals surface area contributed by atoms with E-state index in [1.54, 1.807) is 11.9 Å². The number of nitrogen functional groups attached to an aromatic ring is 1. The van der Waals surface area contributed by atoms with Crippen molar-refractivity contribution < 1.29 is 18.0 Å². The summed E-state index contributed by atoms with van der Waals surface area (Å²) in [4.78, 5) is 22.0. The predicted octanol–water partition coefficient (Wildman–Crippen LogP) is 4.57. The van der Waals surface area contributed by atoms with E-state index >= 15 is 0 Å². The summed E-state index contributed by atoms with van der Waals surface area (Å²) in [6.07, 6.45) is -0.915. The van der Waals surface area contributed by atoms with Crippen LogP contribution in [0, 0.1) is 17.2 Å². The molecule has 6 nitrogen and oxygen atoms in total. The average Bonchev–Trinajstić information content (AvgIpc) is 3.07. The molecule has 0 aromatic carbocycles. The number of aliphatic imine (C=N–C) groups is 1. The van der Waals surface area contributed by atoms with E-state index in [2.05, 4.69) is 11.9 Å². The SMILES string of the molecule is CCC(C)N=C(CC(=N)c1cnc(N)c(C(F)(F)F)c1)C1CC(N(C)C(C)=O)CC1C. The van der Waals surface area contributed by atoms with Crippen LogP contribution in [0.15, 0.2) is 17.3 Å². The molecule has 1 heterocycles. The Morgan fingerprint density at radius 1 is 1.42 bits per heavy atom. The van der Waals surface area contributed by atoms with Gasteiger partial charge in [-0.05, 0) is 38.2 Å². The van der Waals surface area contributed by atoms with Crippen LogP contribution >= 0.6 is 0 Å². The number of carbonyl (C=O) groups excluding carboxylic acids is 1. The van der Waals surface area contributed by atoms with E-state index < -0.39 is 17.6 Å². The summed E-state index contributed by atoms with van der Waals surface area (Å²) in [6.45, 7) is 7.63. The Morgan fingerprint density at radius 3 is 2.61 bits per heavy atom. The van der Waals surface area contributed by atoms with Crippen LogP contribution in [0.25, 0.3) is 0 Å². The number of amides is 1. The number of carbonyl (C=O) groups is 1. The van der Waals surface area contributed by atoms with Crippen LogP contribution in [-0.4, -0.2) is 46.3 Å². The van der Waals surface area contributed by atoms with Gasteiger partial charge in [-0.15, -0.1) is 0 Å². The zero-order chi connectivity index (χ0) is 23.5. The maximum atomic E-state index is 13.2. The molecule has 1 aromatic heterocycles. The number of alkyl halides is 3. The number of hydrogen-bond acceptors (Lipinski definition) is 5. The van der Waals surface area contributed by atoms with E-state index in [4.69, 9.17) is 16.1 Å². The van der Waals surface area contributed by atoms with Crippen LogP contribution in [0.4, 0.5) is 19.0 Å². The zero-order valence-corrected chi connectivity index (χ0v) is 18.8. The molecular formula is C22H32F3N5O. The van der Waals surface area contributed by atoms with Gasteiger partial charge in [0, 0.05) is 61.6 Å². The summed E-state index contributed by atoms with van der Waals surface area (Å²) in [5.41, 5.74) is 5.27. The average molecular weight is 440 g/mol. The molecule has 1 aromatic rings. The van der Waals surface area contributed by atoms with Gasteiger partial charge in [0.05, 0.1) is 5.56 Å². The third-order valence-corrected chi connectivity index (χ3v) is 6.24. The predicted molar refractivity (Wildman–Crippen MR) is 116 cm³/mol. The van der Waals surface area contributed by atoms with Crippen LogP contribution < -0.4 is 5.73 Å². The fourth-order valence-corrected chi connectivity index (χ4v) is 4.05. The normalized spacial score (nSPS) is 23.0. The Morgan fingerprint density at radius 2 is 2.06 bits per heavy atom. The molecule has 0 bridgehead atoms. The fourth-order valence-electron chi connectivity index (χ4n) is 4.05. The third-order valence-electron chi connectivity index (χ3n) is 6.24. The lowest BCUT2D eigenvalue weighted by atomic mass is 9.88. The molecule has 0 saturated heterocycles. The minimum absolute atomic E-state index is 0.00126. The Hall–Kier alpha value is -2.45. The summed E-state index contributed by atoms with van der Waals surface area (Å²) in [6, 6.07) is 1.01. The molecule has 2 rings (SSSR count). The Bertz CT molecular complexity index is 852. The summed E-state index contributed by atoms with van der Waals surface area (Å²) in [7, 11) is 1.79. The van der Waals surface area contributed by atoms with Gasteiger partial charge in [0.1, 0.15) is 5.82 Å². The first kappa shape index (κ1) is 24.8. The van der Waals surface area contributed by atoms with Gasteiger partial charge in [0.25, 0.3) is 0 Å².